The van der Waals surface area contributed by atoms with Crippen LogP contribution >= 0.6 is 11.3 Å². The molecule has 0 atom stereocenters. The minimum Gasteiger partial charge on any atom is -0.386 e. The summed E-state index contributed by atoms with van der Waals surface area (Å²) in [6.07, 6.45) is 0. The summed E-state index contributed by atoms with van der Waals surface area (Å²) >= 11 is 1.36. The van der Waals surface area contributed by atoms with E-state index in [-0.39, 0.29) is 11.8 Å². The molecule has 1 aliphatic rings. The number of hydrogen-bond donors (Lipinski definition) is 1. The molecule has 0 aromatic carbocycles. The van der Waals surface area contributed by atoms with E-state index in [0.717, 1.165) is 5.69 Å². The number of thiazole rings is 1. The maximum absolute atomic E-state index is 12.0. The molecule has 0 bridgehead atoms. The zero-order valence-corrected chi connectivity index (χ0v) is 10.5. The Balaban J connectivity index is 2.04. The molecule has 0 radical (unpaired) electrons. The van der Waals surface area contributed by atoms with Gasteiger partial charge in [0, 0.05) is 0 Å². The largest absolute Gasteiger partial charge is 0.386 e. The highest BCUT2D eigenvalue weighted by Gasteiger charge is 2.46. The topological polar surface area (TPSA) is 53.4 Å². The smallest absolute Gasteiger partial charge is 0.266 e. The highest BCUT2D eigenvalue weighted by Crippen LogP contribution is 2.30. The van der Waals surface area contributed by atoms with E-state index in [2.05, 4.69) is 4.98 Å². The Morgan fingerprint density at radius 3 is 2.69 bits per heavy atom. The molecule has 0 aliphatic carbocycles. The molecule has 1 aromatic rings. The number of carbonyl (C=O) groups excluding carboxylic acids is 1. The highest BCUT2D eigenvalue weighted by atomic mass is 32.1. The molecule has 0 saturated carbocycles. The zero-order valence-electron chi connectivity index (χ0n) is 9.73. The Bertz CT molecular complexity index is 408. The minimum absolute atomic E-state index is 0.00896. The van der Waals surface area contributed by atoms with Crippen molar-refractivity contribution in [3.63, 3.8) is 0 Å². The monoisotopic (exact) mass is 240 g/mol. The predicted molar refractivity (Wildman–Crippen MR) is 62.5 cm³/mol. The van der Waals surface area contributed by atoms with Crippen molar-refractivity contribution in [2.24, 2.45) is 5.92 Å². The minimum atomic E-state index is -0.700. The number of aliphatic hydroxyl groups is 1. The molecular weight excluding hydrogens is 224 g/mol. The van der Waals surface area contributed by atoms with Crippen LogP contribution in [-0.4, -0.2) is 39.6 Å². The fourth-order valence-corrected chi connectivity index (χ4v) is 2.54. The quantitative estimate of drug-likeness (QED) is 0.847. The average Bonchev–Trinajstić information content (AvgIpc) is 2.58. The van der Waals surface area contributed by atoms with E-state index in [1.165, 1.54) is 11.3 Å². The van der Waals surface area contributed by atoms with Gasteiger partial charge in [0.05, 0.1) is 24.3 Å². The van der Waals surface area contributed by atoms with Crippen molar-refractivity contribution in [2.45, 2.75) is 26.4 Å². The standard InChI is InChI=1S/C11H16N2O2S/c1-7(2)11(15)4-13(5-11)10(14)9-8(3)12-6-16-9/h6-7,15H,4-5H2,1-3H3. The molecule has 2 heterocycles. The Morgan fingerprint density at radius 2 is 2.25 bits per heavy atom. The van der Waals surface area contributed by atoms with Crippen LogP contribution in [0.15, 0.2) is 5.51 Å². The normalized spacial score (nSPS) is 18.7. The molecule has 1 aliphatic heterocycles. The molecule has 1 saturated heterocycles. The van der Waals surface area contributed by atoms with Gasteiger partial charge in [-0.15, -0.1) is 11.3 Å². The van der Waals surface area contributed by atoms with Crippen molar-refractivity contribution in [3.8, 4) is 0 Å². The van der Waals surface area contributed by atoms with Crippen molar-refractivity contribution >= 4 is 17.2 Å². The number of likely N-dealkylation sites (tertiary alicyclic amines) is 1. The van der Waals surface area contributed by atoms with Crippen LogP contribution in [0.5, 0.6) is 0 Å². The third-order valence-corrected chi connectivity index (χ3v) is 4.15. The summed E-state index contributed by atoms with van der Waals surface area (Å²) in [6, 6.07) is 0. The zero-order chi connectivity index (χ0) is 11.9. The molecule has 1 amide bonds. The molecule has 1 fully saturated rings. The summed E-state index contributed by atoms with van der Waals surface area (Å²) in [7, 11) is 0. The summed E-state index contributed by atoms with van der Waals surface area (Å²) in [5, 5.41) is 10.1. The summed E-state index contributed by atoms with van der Waals surface area (Å²) in [6.45, 7) is 6.64. The molecule has 1 N–H and O–H groups in total. The second-order valence-corrected chi connectivity index (χ2v) is 5.54. The van der Waals surface area contributed by atoms with Crippen molar-refractivity contribution < 1.29 is 9.90 Å². The summed E-state index contributed by atoms with van der Waals surface area (Å²) in [5.74, 6) is 0.171. The van der Waals surface area contributed by atoms with Gasteiger partial charge in [0.15, 0.2) is 0 Å². The second-order valence-electron chi connectivity index (χ2n) is 4.69. The Hall–Kier alpha value is -0.940. The summed E-state index contributed by atoms with van der Waals surface area (Å²) in [5.41, 5.74) is 1.75. The third-order valence-electron chi connectivity index (χ3n) is 3.23. The fraction of sp³-hybridized carbons (Fsp3) is 0.636. The van der Waals surface area contributed by atoms with Gasteiger partial charge in [-0.2, -0.15) is 0 Å². The summed E-state index contributed by atoms with van der Waals surface area (Å²) in [4.78, 5) is 18.4. The molecule has 4 nitrogen and oxygen atoms in total. The van der Waals surface area contributed by atoms with E-state index in [1.54, 1.807) is 10.4 Å². The van der Waals surface area contributed by atoms with E-state index in [9.17, 15) is 9.90 Å². The van der Waals surface area contributed by atoms with Crippen LogP contribution in [0.4, 0.5) is 0 Å². The first kappa shape index (κ1) is 11.5. The summed E-state index contributed by atoms with van der Waals surface area (Å²) < 4.78 is 0. The van der Waals surface area contributed by atoms with Crippen molar-refractivity contribution in [1.29, 1.82) is 0 Å². The van der Waals surface area contributed by atoms with Gasteiger partial charge in [0.25, 0.3) is 5.91 Å². The van der Waals surface area contributed by atoms with Gasteiger partial charge < -0.3 is 10.0 Å². The van der Waals surface area contributed by atoms with Crippen LogP contribution in [-0.2, 0) is 0 Å². The lowest BCUT2D eigenvalue weighted by Gasteiger charge is -2.48. The maximum atomic E-state index is 12.0. The van der Waals surface area contributed by atoms with Gasteiger partial charge in [-0.3, -0.25) is 4.79 Å². The van der Waals surface area contributed by atoms with Gasteiger partial charge in [0.2, 0.25) is 0 Å². The van der Waals surface area contributed by atoms with Crippen LogP contribution in [0.25, 0.3) is 0 Å². The van der Waals surface area contributed by atoms with E-state index >= 15 is 0 Å². The first-order chi connectivity index (χ1) is 7.44. The lowest BCUT2D eigenvalue weighted by atomic mass is 9.83. The van der Waals surface area contributed by atoms with Crippen LogP contribution in [0.2, 0.25) is 0 Å². The van der Waals surface area contributed by atoms with Crippen molar-refractivity contribution in [2.75, 3.05) is 13.1 Å². The van der Waals surface area contributed by atoms with Crippen LogP contribution < -0.4 is 0 Å². The number of rotatable bonds is 2. The molecule has 0 unspecified atom stereocenters. The SMILES string of the molecule is Cc1ncsc1C(=O)N1CC(O)(C(C)C)C1. The second kappa shape index (κ2) is 3.82. The molecule has 88 valence electrons. The maximum Gasteiger partial charge on any atom is 0.266 e. The first-order valence-corrected chi connectivity index (χ1v) is 6.24. The molecule has 5 heteroatoms. The number of hydrogen-bond acceptors (Lipinski definition) is 4. The lowest BCUT2D eigenvalue weighted by Crippen LogP contribution is -2.65. The number of amides is 1. The number of nitrogens with zero attached hydrogens (tertiary/aromatic N) is 2. The first-order valence-electron chi connectivity index (χ1n) is 5.36. The average molecular weight is 240 g/mol. The van der Waals surface area contributed by atoms with Gasteiger partial charge in [0.1, 0.15) is 10.5 Å². The van der Waals surface area contributed by atoms with Crippen LogP contribution in [0.1, 0.15) is 29.2 Å². The number of β-amino-alcohol motifs (C(OH)–C–C–N with tert-alkyl or cyclic N) is 1. The molecule has 0 spiro atoms. The molecular formula is C11H16N2O2S. The van der Waals surface area contributed by atoms with E-state index < -0.39 is 5.60 Å². The Labute approximate surface area is 98.9 Å². The molecule has 1 aromatic heterocycles. The number of aromatic nitrogens is 1. The highest BCUT2D eigenvalue weighted by molar-refractivity contribution is 7.11. The number of carbonyl (C=O) groups is 1. The number of aryl methyl sites for hydroxylation is 1. The van der Waals surface area contributed by atoms with Gasteiger partial charge >= 0.3 is 0 Å². The van der Waals surface area contributed by atoms with E-state index in [1.807, 2.05) is 20.8 Å². The van der Waals surface area contributed by atoms with E-state index in [4.69, 9.17) is 0 Å². The van der Waals surface area contributed by atoms with Crippen molar-refractivity contribution in [3.05, 3.63) is 16.1 Å². The van der Waals surface area contributed by atoms with Gasteiger partial charge in [-0.25, -0.2) is 4.98 Å². The third kappa shape index (κ3) is 1.74. The van der Waals surface area contributed by atoms with Crippen molar-refractivity contribution in [1.82, 2.24) is 9.88 Å². The molecule has 2 rings (SSSR count). The molecule has 16 heavy (non-hydrogen) atoms. The van der Waals surface area contributed by atoms with E-state index in [0.29, 0.717) is 18.0 Å². The predicted octanol–water partition coefficient (Wildman–Crippen LogP) is 1.29. The van der Waals surface area contributed by atoms with Crippen LogP contribution in [0.3, 0.4) is 0 Å². The van der Waals surface area contributed by atoms with Crippen LogP contribution in [0, 0.1) is 12.8 Å². The fourth-order valence-electron chi connectivity index (χ4n) is 1.77. The Kier molecular flexibility index (Phi) is 2.75. The lowest BCUT2D eigenvalue weighted by molar-refractivity contribution is -0.110. The Morgan fingerprint density at radius 1 is 1.62 bits per heavy atom. The van der Waals surface area contributed by atoms with Gasteiger partial charge in [-0.05, 0) is 12.8 Å². The van der Waals surface area contributed by atoms with Gasteiger partial charge in [-0.1, -0.05) is 13.8 Å².